The lowest BCUT2D eigenvalue weighted by Crippen LogP contribution is -2.39. The molecule has 0 atom stereocenters. The number of carbonyl (C=O) groups is 1. The second kappa shape index (κ2) is 11.8. The first-order chi connectivity index (χ1) is 17.2. The summed E-state index contributed by atoms with van der Waals surface area (Å²) in [6.45, 7) is 10.8. The lowest BCUT2D eigenvalue weighted by Gasteiger charge is -2.27. The van der Waals surface area contributed by atoms with E-state index in [1.54, 1.807) is 29.2 Å². The number of hydrogen-bond donors (Lipinski definition) is 0. The number of fused-ring (bicyclic) bond motifs is 1. The van der Waals surface area contributed by atoms with E-state index in [4.69, 9.17) is 9.72 Å². The minimum Gasteiger partial charge on any atom is -0.379 e. The first-order valence-corrected chi connectivity index (χ1v) is 15.0. The normalized spacial score (nSPS) is 14.9. The molecule has 0 bridgehead atoms. The van der Waals surface area contributed by atoms with Crippen molar-refractivity contribution in [1.82, 2.24) is 9.88 Å². The summed E-state index contributed by atoms with van der Waals surface area (Å²) in [7, 11) is -3.43. The van der Waals surface area contributed by atoms with Crippen molar-refractivity contribution in [3.63, 3.8) is 0 Å². The SMILES string of the molecule is Cc1ccc(S(=O)(=O)CCCC(=O)N(CCCN2CCOCC2)c2nc3c(C)cc(C)cc3s2)cc1. The van der Waals surface area contributed by atoms with Crippen molar-refractivity contribution < 1.29 is 17.9 Å². The predicted molar refractivity (Wildman–Crippen MR) is 146 cm³/mol. The number of sulfone groups is 1. The van der Waals surface area contributed by atoms with Gasteiger partial charge in [0.05, 0.1) is 34.1 Å². The molecule has 0 aliphatic carbocycles. The molecule has 2 aromatic carbocycles. The van der Waals surface area contributed by atoms with Crippen LogP contribution in [0, 0.1) is 20.8 Å². The molecular weight excluding hydrogens is 494 g/mol. The van der Waals surface area contributed by atoms with E-state index in [1.807, 2.05) is 13.8 Å². The van der Waals surface area contributed by atoms with Crippen molar-refractivity contribution in [2.75, 3.05) is 50.0 Å². The molecule has 2 heterocycles. The molecule has 1 aliphatic heterocycles. The summed E-state index contributed by atoms with van der Waals surface area (Å²) in [6, 6.07) is 11.1. The quantitative estimate of drug-likeness (QED) is 0.384. The van der Waals surface area contributed by atoms with Gasteiger partial charge >= 0.3 is 0 Å². The average Bonchev–Trinajstić information content (AvgIpc) is 3.26. The van der Waals surface area contributed by atoms with Gasteiger partial charge in [-0.1, -0.05) is 35.1 Å². The maximum absolute atomic E-state index is 13.4. The lowest BCUT2D eigenvalue weighted by molar-refractivity contribution is -0.118. The van der Waals surface area contributed by atoms with Gasteiger partial charge < -0.3 is 4.74 Å². The number of aromatic nitrogens is 1. The Balaban J connectivity index is 1.45. The Bertz CT molecular complexity index is 1300. The van der Waals surface area contributed by atoms with E-state index in [2.05, 4.69) is 24.0 Å². The summed E-state index contributed by atoms with van der Waals surface area (Å²) in [5, 5.41) is 0.687. The molecule has 0 spiro atoms. The smallest absolute Gasteiger partial charge is 0.228 e. The molecule has 0 radical (unpaired) electrons. The molecule has 0 saturated carbocycles. The monoisotopic (exact) mass is 529 g/mol. The molecule has 7 nitrogen and oxygen atoms in total. The third-order valence-corrected chi connectivity index (χ3v) is 9.34. The molecule has 3 aromatic rings. The van der Waals surface area contributed by atoms with Gasteiger partial charge in [0.25, 0.3) is 0 Å². The van der Waals surface area contributed by atoms with Crippen LogP contribution in [0.5, 0.6) is 0 Å². The van der Waals surface area contributed by atoms with Crippen molar-refractivity contribution in [1.29, 1.82) is 0 Å². The van der Waals surface area contributed by atoms with Crippen molar-refractivity contribution in [3.05, 3.63) is 53.1 Å². The summed E-state index contributed by atoms with van der Waals surface area (Å²) in [5.41, 5.74) is 4.20. The third-order valence-electron chi connectivity index (χ3n) is 6.49. The molecule has 1 aliphatic rings. The first-order valence-electron chi connectivity index (χ1n) is 12.5. The third kappa shape index (κ3) is 6.70. The van der Waals surface area contributed by atoms with E-state index < -0.39 is 9.84 Å². The zero-order valence-corrected chi connectivity index (χ0v) is 23.0. The predicted octanol–water partition coefficient (Wildman–Crippen LogP) is 4.53. The number of aryl methyl sites for hydroxylation is 3. The number of rotatable bonds is 10. The molecule has 4 rings (SSSR count). The van der Waals surface area contributed by atoms with Gasteiger partial charge in [-0.3, -0.25) is 14.6 Å². The fraction of sp³-hybridized carbons (Fsp3) is 0.481. The van der Waals surface area contributed by atoms with Gasteiger partial charge in [0.15, 0.2) is 15.0 Å². The standard InChI is InChI=1S/C27H35N3O4S2/c1-20-7-9-23(10-8-20)36(32,33)17-4-6-25(31)30(12-5-11-29-13-15-34-16-14-29)27-28-26-22(3)18-21(2)19-24(26)35-27/h7-10,18-19H,4-6,11-17H2,1-3H3. The maximum atomic E-state index is 13.4. The number of thiazole rings is 1. The molecule has 1 amide bonds. The van der Waals surface area contributed by atoms with Crippen LogP contribution in [0.4, 0.5) is 5.13 Å². The number of morpholine rings is 1. The molecule has 1 saturated heterocycles. The largest absolute Gasteiger partial charge is 0.379 e. The van der Waals surface area contributed by atoms with Crippen LogP contribution in [0.2, 0.25) is 0 Å². The van der Waals surface area contributed by atoms with Crippen LogP contribution in [0.1, 0.15) is 36.0 Å². The second-order valence-corrected chi connectivity index (χ2v) is 12.6. The number of anilines is 1. The summed E-state index contributed by atoms with van der Waals surface area (Å²) in [4.78, 5) is 22.6. The highest BCUT2D eigenvalue weighted by molar-refractivity contribution is 7.91. The molecule has 0 unspecified atom stereocenters. The maximum Gasteiger partial charge on any atom is 0.228 e. The van der Waals surface area contributed by atoms with Crippen molar-refractivity contribution in [3.8, 4) is 0 Å². The number of hydrogen-bond acceptors (Lipinski definition) is 7. The number of benzene rings is 2. The van der Waals surface area contributed by atoms with Gasteiger partial charge in [-0.2, -0.15) is 0 Å². The molecule has 36 heavy (non-hydrogen) atoms. The van der Waals surface area contributed by atoms with Gasteiger partial charge in [-0.15, -0.1) is 0 Å². The lowest BCUT2D eigenvalue weighted by atomic mass is 10.1. The molecule has 0 N–H and O–H groups in total. The number of nitrogens with zero attached hydrogens (tertiary/aromatic N) is 3. The molecule has 194 valence electrons. The van der Waals surface area contributed by atoms with Crippen LogP contribution in [0.25, 0.3) is 10.2 Å². The van der Waals surface area contributed by atoms with Crippen molar-refractivity contribution >= 4 is 42.4 Å². The van der Waals surface area contributed by atoms with E-state index in [9.17, 15) is 13.2 Å². The fourth-order valence-corrected chi connectivity index (χ4v) is 6.99. The van der Waals surface area contributed by atoms with Crippen molar-refractivity contribution in [2.24, 2.45) is 0 Å². The van der Waals surface area contributed by atoms with Crippen LogP contribution in [0.15, 0.2) is 41.3 Å². The van der Waals surface area contributed by atoms with Crippen LogP contribution in [0.3, 0.4) is 0 Å². The Hall–Kier alpha value is -2.33. The van der Waals surface area contributed by atoms with Gasteiger partial charge in [-0.25, -0.2) is 13.4 Å². The Morgan fingerprint density at radius 3 is 2.50 bits per heavy atom. The minimum atomic E-state index is -3.43. The second-order valence-electron chi connectivity index (χ2n) is 9.51. The molecule has 9 heteroatoms. The first kappa shape index (κ1) is 26.7. The van der Waals surface area contributed by atoms with Gasteiger partial charge in [0.1, 0.15) is 0 Å². The van der Waals surface area contributed by atoms with Crippen LogP contribution >= 0.6 is 11.3 Å². The zero-order valence-electron chi connectivity index (χ0n) is 21.3. The van der Waals surface area contributed by atoms with Gasteiger partial charge in [-0.05, 0) is 62.9 Å². The Morgan fingerprint density at radius 1 is 1.06 bits per heavy atom. The van der Waals surface area contributed by atoms with E-state index >= 15 is 0 Å². The molecule has 1 fully saturated rings. The van der Waals surface area contributed by atoms with E-state index in [0.717, 1.165) is 60.6 Å². The molecular formula is C27H35N3O4S2. The summed E-state index contributed by atoms with van der Waals surface area (Å²) < 4.78 is 32.0. The number of ether oxygens (including phenoxy) is 1. The minimum absolute atomic E-state index is 0.0540. The summed E-state index contributed by atoms with van der Waals surface area (Å²) >= 11 is 1.53. The Kier molecular flexibility index (Phi) is 8.77. The summed E-state index contributed by atoms with van der Waals surface area (Å²) in [5.74, 6) is -0.133. The topological polar surface area (TPSA) is 79.8 Å². The van der Waals surface area contributed by atoms with Gasteiger partial charge in [0.2, 0.25) is 5.91 Å². The highest BCUT2D eigenvalue weighted by Gasteiger charge is 2.22. The van der Waals surface area contributed by atoms with E-state index in [-0.39, 0.29) is 24.5 Å². The molecule has 1 aromatic heterocycles. The van der Waals surface area contributed by atoms with Crippen LogP contribution in [-0.2, 0) is 19.4 Å². The van der Waals surface area contributed by atoms with Crippen molar-refractivity contribution in [2.45, 2.75) is 44.9 Å². The Morgan fingerprint density at radius 2 is 1.78 bits per heavy atom. The van der Waals surface area contributed by atoms with Gasteiger partial charge in [0, 0.05) is 32.6 Å². The average molecular weight is 530 g/mol. The summed E-state index contributed by atoms with van der Waals surface area (Å²) in [6.07, 6.45) is 1.26. The fourth-order valence-electron chi connectivity index (χ4n) is 4.49. The highest BCUT2D eigenvalue weighted by Crippen LogP contribution is 2.32. The van der Waals surface area contributed by atoms with E-state index in [0.29, 0.717) is 16.6 Å². The Labute approximate surface area is 218 Å². The highest BCUT2D eigenvalue weighted by atomic mass is 32.2. The zero-order chi connectivity index (χ0) is 25.7. The number of carbonyl (C=O) groups excluding carboxylic acids is 1. The van der Waals surface area contributed by atoms with Crippen LogP contribution in [-0.4, -0.2) is 69.4 Å². The van der Waals surface area contributed by atoms with E-state index in [1.165, 1.54) is 16.9 Å². The number of amides is 1. The van der Waals surface area contributed by atoms with Crippen LogP contribution < -0.4 is 4.90 Å².